The third-order valence-electron chi connectivity index (χ3n) is 3.58. The van der Waals surface area contributed by atoms with Crippen LogP contribution in [0.4, 0.5) is 5.82 Å². The van der Waals surface area contributed by atoms with Gasteiger partial charge in [-0.3, -0.25) is 0 Å². The first-order valence-corrected chi connectivity index (χ1v) is 6.93. The van der Waals surface area contributed by atoms with Crippen molar-refractivity contribution < 1.29 is 0 Å². The first kappa shape index (κ1) is 13.3. The number of rotatable bonds is 4. The molecule has 18 heavy (non-hydrogen) atoms. The Morgan fingerprint density at radius 2 is 2.17 bits per heavy atom. The van der Waals surface area contributed by atoms with Crippen LogP contribution in [-0.2, 0) is 6.54 Å². The molecule has 0 spiro atoms. The van der Waals surface area contributed by atoms with Gasteiger partial charge in [-0.25, -0.2) is 4.98 Å². The van der Waals surface area contributed by atoms with E-state index >= 15 is 0 Å². The van der Waals surface area contributed by atoms with Gasteiger partial charge in [0, 0.05) is 25.3 Å². The summed E-state index contributed by atoms with van der Waals surface area (Å²) < 4.78 is 0. The average Bonchev–Trinajstić information content (AvgIpc) is 2.66. The predicted molar refractivity (Wildman–Crippen MR) is 77.0 cm³/mol. The van der Waals surface area contributed by atoms with Crippen molar-refractivity contribution in [1.29, 1.82) is 0 Å². The van der Waals surface area contributed by atoms with E-state index < -0.39 is 0 Å². The van der Waals surface area contributed by atoms with Crippen LogP contribution in [0.5, 0.6) is 0 Å². The topological polar surface area (TPSA) is 28.2 Å². The van der Waals surface area contributed by atoms with Gasteiger partial charge >= 0.3 is 0 Å². The fourth-order valence-electron chi connectivity index (χ4n) is 2.56. The van der Waals surface area contributed by atoms with E-state index in [9.17, 15) is 0 Å². The largest absolute Gasteiger partial charge is 0.356 e. The molecule has 1 fully saturated rings. The maximum absolute atomic E-state index is 4.69. The van der Waals surface area contributed by atoms with E-state index in [2.05, 4.69) is 55.0 Å². The fourth-order valence-corrected chi connectivity index (χ4v) is 2.56. The van der Waals surface area contributed by atoms with Crippen LogP contribution in [0, 0.1) is 12.3 Å². The van der Waals surface area contributed by atoms with Gasteiger partial charge in [0.05, 0.1) is 0 Å². The van der Waals surface area contributed by atoms with Crippen molar-refractivity contribution in [2.75, 3.05) is 24.5 Å². The lowest BCUT2D eigenvalue weighted by atomic mass is 9.93. The molecular weight excluding hydrogens is 222 g/mol. The molecule has 0 radical (unpaired) electrons. The van der Waals surface area contributed by atoms with Crippen LogP contribution in [0.15, 0.2) is 12.1 Å². The lowest BCUT2D eigenvalue weighted by Crippen LogP contribution is -2.24. The van der Waals surface area contributed by atoms with Crippen molar-refractivity contribution in [2.24, 2.45) is 5.41 Å². The van der Waals surface area contributed by atoms with E-state index in [4.69, 9.17) is 0 Å². The number of hydrogen-bond donors (Lipinski definition) is 1. The summed E-state index contributed by atoms with van der Waals surface area (Å²) >= 11 is 0. The maximum atomic E-state index is 4.69. The minimum Gasteiger partial charge on any atom is -0.356 e. The molecule has 0 aliphatic carbocycles. The highest BCUT2D eigenvalue weighted by molar-refractivity contribution is 5.44. The molecule has 1 aliphatic heterocycles. The van der Waals surface area contributed by atoms with Gasteiger partial charge in [-0.1, -0.05) is 20.8 Å². The Morgan fingerprint density at radius 1 is 1.39 bits per heavy atom. The Morgan fingerprint density at radius 3 is 2.78 bits per heavy atom. The van der Waals surface area contributed by atoms with Crippen LogP contribution < -0.4 is 10.2 Å². The molecule has 0 amide bonds. The van der Waals surface area contributed by atoms with Gasteiger partial charge in [0.1, 0.15) is 5.82 Å². The van der Waals surface area contributed by atoms with Gasteiger partial charge in [0.25, 0.3) is 0 Å². The molecule has 1 N–H and O–H groups in total. The first-order chi connectivity index (χ1) is 8.50. The van der Waals surface area contributed by atoms with Crippen LogP contribution in [0.1, 0.15) is 38.4 Å². The molecule has 0 aromatic carbocycles. The first-order valence-electron chi connectivity index (χ1n) is 6.93. The number of aryl methyl sites for hydroxylation is 1. The number of anilines is 1. The van der Waals surface area contributed by atoms with E-state index in [1.54, 1.807) is 0 Å². The zero-order chi connectivity index (χ0) is 13.2. The van der Waals surface area contributed by atoms with Gasteiger partial charge in [0.2, 0.25) is 0 Å². The molecule has 0 atom stereocenters. The van der Waals surface area contributed by atoms with E-state index in [0.717, 1.165) is 37.7 Å². The van der Waals surface area contributed by atoms with E-state index in [1.165, 1.54) is 12.0 Å². The Hall–Kier alpha value is -1.09. The summed E-state index contributed by atoms with van der Waals surface area (Å²) in [7, 11) is 0. The van der Waals surface area contributed by atoms with Crippen LogP contribution in [0.3, 0.4) is 0 Å². The second-order valence-electron chi connectivity index (χ2n) is 6.09. The molecule has 2 heterocycles. The third-order valence-corrected chi connectivity index (χ3v) is 3.58. The molecule has 3 nitrogen and oxygen atoms in total. The summed E-state index contributed by atoms with van der Waals surface area (Å²) in [4.78, 5) is 7.11. The SMILES string of the molecule is CCNCc1cc(C)nc(N2CCC(C)(C)C2)c1. The molecule has 0 saturated carbocycles. The van der Waals surface area contributed by atoms with Crippen LogP contribution in [0.25, 0.3) is 0 Å². The molecule has 1 saturated heterocycles. The molecular formula is C15H25N3. The summed E-state index contributed by atoms with van der Waals surface area (Å²) in [6.45, 7) is 13.1. The van der Waals surface area contributed by atoms with Crippen molar-refractivity contribution in [3.05, 3.63) is 23.4 Å². The van der Waals surface area contributed by atoms with E-state index in [1.807, 2.05) is 0 Å². The molecule has 100 valence electrons. The van der Waals surface area contributed by atoms with Gasteiger partial charge in [0.15, 0.2) is 0 Å². The highest BCUT2D eigenvalue weighted by Crippen LogP contribution is 2.31. The minimum absolute atomic E-state index is 0.424. The van der Waals surface area contributed by atoms with Crippen molar-refractivity contribution in [3.63, 3.8) is 0 Å². The Bertz CT molecular complexity index is 412. The Labute approximate surface area is 111 Å². The molecule has 3 heteroatoms. The van der Waals surface area contributed by atoms with Gasteiger partial charge < -0.3 is 10.2 Å². The Balaban J connectivity index is 2.15. The highest BCUT2D eigenvalue weighted by atomic mass is 15.2. The van der Waals surface area contributed by atoms with E-state index in [0.29, 0.717) is 5.41 Å². The fraction of sp³-hybridized carbons (Fsp3) is 0.667. The third kappa shape index (κ3) is 3.22. The lowest BCUT2D eigenvalue weighted by Gasteiger charge is -2.21. The lowest BCUT2D eigenvalue weighted by molar-refractivity contribution is 0.418. The second kappa shape index (κ2) is 5.27. The average molecular weight is 247 g/mol. The standard InChI is InChI=1S/C15H25N3/c1-5-16-10-13-8-12(2)17-14(9-13)18-7-6-15(3,4)11-18/h8-9,16H,5-7,10-11H2,1-4H3. The van der Waals surface area contributed by atoms with Crippen LogP contribution in [0.2, 0.25) is 0 Å². The normalized spacial score (nSPS) is 18.3. The summed E-state index contributed by atoms with van der Waals surface area (Å²) in [6.07, 6.45) is 1.26. The van der Waals surface area contributed by atoms with Gasteiger partial charge in [-0.15, -0.1) is 0 Å². The summed E-state index contributed by atoms with van der Waals surface area (Å²) in [6, 6.07) is 4.41. The van der Waals surface area contributed by atoms with Gasteiger partial charge in [-0.2, -0.15) is 0 Å². The zero-order valence-corrected chi connectivity index (χ0v) is 12.1. The summed E-state index contributed by atoms with van der Waals surface area (Å²) in [5.41, 5.74) is 2.88. The number of nitrogens with zero attached hydrogens (tertiary/aromatic N) is 2. The van der Waals surface area contributed by atoms with E-state index in [-0.39, 0.29) is 0 Å². The summed E-state index contributed by atoms with van der Waals surface area (Å²) in [5, 5.41) is 3.38. The molecule has 0 bridgehead atoms. The Kier molecular flexibility index (Phi) is 3.91. The van der Waals surface area contributed by atoms with Crippen molar-refractivity contribution in [1.82, 2.24) is 10.3 Å². The van der Waals surface area contributed by atoms with Crippen LogP contribution >= 0.6 is 0 Å². The molecule has 2 rings (SSSR count). The van der Waals surface area contributed by atoms with Crippen LogP contribution in [-0.4, -0.2) is 24.6 Å². The summed E-state index contributed by atoms with van der Waals surface area (Å²) in [5.74, 6) is 1.15. The highest BCUT2D eigenvalue weighted by Gasteiger charge is 2.29. The molecule has 1 aliphatic rings. The smallest absolute Gasteiger partial charge is 0.129 e. The zero-order valence-electron chi connectivity index (χ0n) is 12.1. The molecule has 1 aromatic heterocycles. The number of hydrogen-bond acceptors (Lipinski definition) is 3. The number of pyridine rings is 1. The minimum atomic E-state index is 0.424. The van der Waals surface area contributed by atoms with Crippen molar-refractivity contribution in [3.8, 4) is 0 Å². The van der Waals surface area contributed by atoms with Crippen molar-refractivity contribution in [2.45, 2.75) is 40.7 Å². The predicted octanol–water partition coefficient (Wildman–Crippen LogP) is 2.74. The maximum Gasteiger partial charge on any atom is 0.129 e. The molecule has 1 aromatic rings. The second-order valence-corrected chi connectivity index (χ2v) is 6.09. The molecule has 0 unspecified atom stereocenters. The number of nitrogens with one attached hydrogen (secondary N) is 1. The monoisotopic (exact) mass is 247 g/mol. The number of aromatic nitrogens is 1. The van der Waals surface area contributed by atoms with Gasteiger partial charge in [-0.05, 0) is 43.0 Å². The van der Waals surface area contributed by atoms with Crippen molar-refractivity contribution >= 4 is 5.82 Å². The quantitative estimate of drug-likeness (QED) is 0.886.